The molecule has 0 saturated carbocycles. The first-order valence-corrected chi connectivity index (χ1v) is 11.0. The molecule has 0 heterocycles. The third kappa shape index (κ3) is 9.64. The first-order valence-electron chi connectivity index (χ1n) is 11.0. The first-order chi connectivity index (χ1) is 14.7. The van der Waals surface area contributed by atoms with Gasteiger partial charge in [-0.05, 0) is 48.2 Å². The lowest BCUT2D eigenvalue weighted by molar-refractivity contribution is -0.137. The van der Waals surface area contributed by atoms with Crippen molar-refractivity contribution in [2.75, 3.05) is 13.2 Å². The van der Waals surface area contributed by atoms with Crippen molar-refractivity contribution >= 4 is 5.97 Å². The molecule has 162 valence electrons. The number of ether oxygens (including phenoxy) is 2. The average Bonchev–Trinajstić information content (AvgIpc) is 2.77. The smallest absolute Gasteiger partial charge is 0.330 e. The monoisotopic (exact) mass is 410 g/mol. The van der Waals surface area contributed by atoms with Crippen LogP contribution in [0.4, 0.5) is 0 Å². The highest BCUT2D eigenvalue weighted by atomic mass is 16.5. The summed E-state index contributed by atoms with van der Waals surface area (Å²) in [5, 5.41) is 9.38. The molecule has 2 aromatic rings. The molecule has 0 atom stereocenters. The molecule has 4 nitrogen and oxygen atoms in total. The number of phenolic OH excluding ortho intramolecular Hbond substituents is 1. The molecule has 0 aliphatic rings. The van der Waals surface area contributed by atoms with E-state index in [1.807, 2.05) is 36.4 Å². The number of esters is 1. The van der Waals surface area contributed by atoms with E-state index >= 15 is 0 Å². The van der Waals surface area contributed by atoms with Crippen LogP contribution in [0.5, 0.6) is 11.5 Å². The highest BCUT2D eigenvalue weighted by Gasteiger charge is 2.00. The number of carbonyl (C=O) groups excluding carboxylic acids is 1. The van der Waals surface area contributed by atoms with E-state index in [2.05, 4.69) is 6.58 Å². The van der Waals surface area contributed by atoms with E-state index in [9.17, 15) is 9.90 Å². The Kier molecular flexibility index (Phi) is 11.2. The third-order valence-electron chi connectivity index (χ3n) is 5.02. The quantitative estimate of drug-likeness (QED) is 0.202. The predicted octanol–water partition coefficient (Wildman–Crippen LogP) is 6.68. The van der Waals surface area contributed by atoms with Crippen molar-refractivity contribution in [2.45, 2.75) is 57.8 Å². The summed E-state index contributed by atoms with van der Waals surface area (Å²) in [6, 6.07) is 15.3. The Labute approximate surface area is 180 Å². The molecule has 0 amide bonds. The standard InChI is InChI=1S/C26H34O4/c1-2-26(28)30-21-11-9-7-5-3-4-6-8-10-20-29-25-18-14-23(15-19-25)22-12-16-24(27)17-13-22/h2,12-19,27H,1,3-11,20-21H2. The van der Waals surface area contributed by atoms with Crippen molar-refractivity contribution in [1.82, 2.24) is 0 Å². The zero-order valence-electron chi connectivity index (χ0n) is 17.9. The molecule has 30 heavy (non-hydrogen) atoms. The second-order valence-corrected chi connectivity index (χ2v) is 7.47. The van der Waals surface area contributed by atoms with Crippen LogP contribution < -0.4 is 4.74 Å². The molecule has 0 aliphatic carbocycles. The second-order valence-electron chi connectivity index (χ2n) is 7.47. The molecule has 0 spiro atoms. The minimum atomic E-state index is -0.329. The van der Waals surface area contributed by atoms with Crippen molar-refractivity contribution in [3.8, 4) is 22.6 Å². The number of hydrogen-bond acceptors (Lipinski definition) is 4. The van der Waals surface area contributed by atoms with Gasteiger partial charge in [-0.3, -0.25) is 0 Å². The Hall–Kier alpha value is -2.75. The molecule has 2 rings (SSSR count). The normalized spacial score (nSPS) is 10.5. The van der Waals surface area contributed by atoms with Crippen molar-refractivity contribution in [3.63, 3.8) is 0 Å². The molecule has 0 unspecified atom stereocenters. The Morgan fingerprint density at radius 2 is 1.20 bits per heavy atom. The number of carbonyl (C=O) groups is 1. The Morgan fingerprint density at radius 3 is 1.73 bits per heavy atom. The minimum Gasteiger partial charge on any atom is -0.508 e. The summed E-state index contributed by atoms with van der Waals surface area (Å²) < 4.78 is 10.8. The Morgan fingerprint density at radius 1 is 0.733 bits per heavy atom. The van der Waals surface area contributed by atoms with Crippen LogP contribution in [0.15, 0.2) is 61.2 Å². The van der Waals surface area contributed by atoms with Gasteiger partial charge in [-0.15, -0.1) is 0 Å². The maximum absolute atomic E-state index is 10.9. The van der Waals surface area contributed by atoms with E-state index in [1.165, 1.54) is 44.6 Å². The average molecular weight is 411 g/mol. The highest BCUT2D eigenvalue weighted by Crippen LogP contribution is 2.24. The molecule has 4 heteroatoms. The fourth-order valence-corrected chi connectivity index (χ4v) is 3.26. The summed E-state index contributed by atoms with van der Waals surface area (Å²) in [7, 11) is 0. The summed E-state index contributed by atoms with van der Waals surface area (Å²) >= 11 is 0. The number of aromatic hydroxyl groups is 1. The van der Waals surface area contributed by atoms with Gasteiger partial charge in [0, 0.05) is 6.08 Å². The van der Waals surface area contributed by atoms with Crippen LogP contribution in [0.2, 0.25) is 0 Å². The molecule has 0 aliphatic heterocycles. The molecule has 0 bridgehead atoms. The van der Waals surface area contributed by atoms with E-state index in [1.54, 1.807) is 12.1 Å². The summed E-state index contributed by atoms with van der Waals surface area (Å²) in [6.45, 7) is 4.63. The van der Waals surface area contributed by atoms with Crippen LogP contribution in [-0.4, -0.2) is 24.3 Å². The van der Waals surface area contributed by atoms with Crippen LogP contribution in [0, 0.1) is 0 Å². The van der Waals surface area contributed by atoms with Crippen LogP contribution in [-0.2, 0) is 9.53 Å². The van der Waals surface area contributed by atoms with E-state index in [-0.39, 0.29) is 11.7 Å². The van der Waals surface area contributed by atoms with Gasteiger partial charge in [0.25, 0.3) is 0 Å². The van der Waals surface area contributed by atoms with Gasteiger partial charge in [0.05, 0.1) is 13.2 Å². The van der Waals surface area contributed by atoms with Gasteiger partial charge < -0.3 is 14.6 Å². The molecule has 1 N–H and O–H groups in total. The van der Waals surface area contributed by atoms with Crippen LogP contribution >= 0.6 is 0 Å². The summed E-state index contributed by atoms with van der Waals surface area (Å²) in [6.07, 6.45) is 11.8. The summed E-state index contributed by atoms with van der Waals surface area (Å²) in [5.41, 5.74) is 2.19. The molecular weight excluding hydrogens is 376 g/mol. The largest absolute Gasteiger partial charge is 0.508 e. The Balaban J connectivity index is 1.44. The maximum atomic E-state index is 10.9. The van der Waals surface area contributed by atoms with Crippen molar-refractivity contribution < 1.29 is 19.4 Å². The number of hydrogen-bond donors (Lipinski definition) is 1. The van der Waals surface area contributed by atoms with Gasteiger partial charge >= 0.3 is 5.97 Å². The topological polar surface area (TPSA) is 55.8 Å². The van der Waals surface area contributed by atoms with E-state index in [4.69, 9.17) is 9.47 Å². The molecule has 0 radical (unpaired) electrons. The lowest BCUT2D eigenvalue weighted by Crippen LogP contribution is -2.01. The maximum Gasteiger partial charge on any atom is 0.330 e. The minimum absolute atomic E-state index is 0.280. The number of rotatable bonds is 15. The summed E-state index contributed by atoms with van der Waals surface area (Å²) in [4.78, 5) is 10.9. The SMILES string of the molecule is C=CC(=O)OCCCCCCCCCCCOc1ccc(-c2ccc(O)cc2)cc1. The van der Waals surface area contributed by atoms with Gasteiger partial charge in [-0.25, -0.2) is 4.79 Å². The molecular formula is C26H34O4. The number of unbranched alkanes of at least 4 members (excludes halogenated alkanes) is 8. The molecule has 2 aromatic carbocycles. The van der Waals surface area contributed by atoms with E-state index < -0.39 is 0 Å². The predicted molar refractivity (Wildman–Crippen MR) is 122 cm³/mol. The highest BCUT2D eigenvalue weighted by molar-refractivity contribution is 5.81. The third-order valence-corrected chi connectivity index (χ3v) is 5.02. The van der Waals surface area contributed by atoms with Gasteiger partial charge in [0.2, 0.25) is 0 Å². The van der Waals surface area contributed by atoms with Crippen molar-refractivity contribution in [1.29, 1.82) is 0 Å². The summed E-state index contributed by atoms with van der Waals surface area (Å²) in [5.74, 6) is 0.851. The van der Waals surface area contributed by atoms with Crippen LogP contribution in [0.1, 0.15) is 57.8 Å². The fraction of sp³-hybridized carbons (Fsp3) is 0.423. The zero-order chi connectivity index (χ0) is 21.4. The van der Waals surface area contributed by atoms with Crippen LogP contribution in [0.25, 0.3) is 11.1 Å². The van der Waals surface area contributed by atoms with Gasteiger partial charge in [-0.2, -0.15) is 0 Å². The van der Waals surface area contributed by atoms with Crippen molar-refractivity contribution in [2.24, 2.45) is 0 Å². The van der Waals surface area contributed by atoms with Gasteiger partial charge in [-0.1, -0.05) is 75.8 Å². The lowest BCUT2D eigenvalue weighted by Gasteiger charge is -2.08. The Bertz CT molecular complexity index is 735. The van der Waals surface area contributed by atoms with Crippen LogP contribution in [0.3, 0.4) is 0 Å². The molecule has 0 saturated heterocycles. The number of benzene rings is 2. The van der Waals surface area contributed by atoms with Crippen molar-refractivity contribution in [3.05, 3.63) is 61.2 Å². The number of phenols is 1. The zero-order valence-corrected chi connectivity index (χ0v) is 17.9. The fourth-order valence-electron chi connectivity index (χ4n) is 3.26. The molecule has 0 fully saturated rings. The first kappa shape index (κ1) is 23.5. The molecule has 0 aromatic heterocycles. The van der Waals surface area contributed by atoms with Gasteiger partial charge in [0.1, 0.15) is 11.5 Å². The lowest BCUT2D eigenvalue weighted by atomic mass is 10.1. The van der Waals surface area contributed by atoms with Gasteiger partial charge in [0.15, 0.2) is 0 Å². The van der Waals surface area contributed by atoms with E-state index in [0.717, 1.165) is 42.7 Å². The van der Waals surface area contributed by atoms with E-state index in [0.29, 0.717) is 6.61 Å². The second kappa shape index (κ2) is 14.3.